The van der Waals surface area contributed by atoms with Crippen LogP contribution in [0.1, 0.15) is 0 Å². The predicted octanol–water partition coefficient (Wildman–Crippen LogP) is 0.0364. The van der Waals surface area contributed by atoms with Crippen molar-refractivity contribution in [3.05, 3.63) is 30.5 Å². The largest absolute Gasteiger partial charge is 0.383 e. The number of carbonyl (C=O) groups excluding carboxylic acids is 2. The zero-order valence-corrected chi connectivity index (χ0v) is 17.1. The minimum Gasteiger partial charge on any atom is -0.383 e. The van der Waals surface area contributed by atoms with Gasteiger partial charge in [0.15, 0.2) is 9.84 Å². The Morgan fingerprint density at radius 3 is 2.66 bits per heavy atom. The van der Waals surface area contributed by atoms with Crippen LogP contribution in [0.25, 0.3) is 10.9 Å². The molecule has 3 rings (SSSR count). The van der Waals surface area contributed by atoms with Gasteiger partial charge in [-0.05, 0) is 6.07 Å². The number of nitrogens with zero attached hydrogens (tertiary/aromatic N) is 2. The molecule has 1 aliphatic rings. The minimum absolute atomic E-state index is 0.0239. The third-order valence-corrected chi connectivity index (χ3v) is 6.34. The van der Waals surface area contributed by atoms with E-state index in [0.29, 0.717) is 43.8 Å². The standard InChI is InChI=1S/C19H25N3O6S/c1-27-9-6-20-18(23)14-29(25,26)17-12-22(16-5-3-2-4-15(16)17)13-19(24)21-7-10-28-11-8-21/h2-5,12H,6-11,13-14H2,1H3,(H,20,23). The van der Waals surface area contributed by atoms with Gasteiger partial charge in [-0.25, -0.2) is 8.42 Å². The van der Waals surface area contributed by atoms with Crippen molar-refractivity contribution in [1.82, 2.24) is 14.8 Å². The molecular formula is C19H25N3O6S. The number of rotatable bonds is 8. The summed E-state index contributed by atoms with van der Waals surface area (Å²) in [6, 6.07) is 6.96. The molecule has 0 aliphatic carbocycles. The Morgan fingerprint density at radius 2 is 1.93 bits per heavy atom. The van der Waals surface area contributed by atoms with Gasteiger partial charge >= 0.3 is 0 Å². The van der Waals surface area contributed by atoms with E-state index in [-0.39, 0.29) is 23.9 Å². The Morgan fingerprint density at radius 1 is 1.21 bits per heavy atom. The summed E-state index contributed by atoms with van der Waals surface area (Å²) in [7, 11) is -2.39. The lowest BCUT2D eigenvalue weighted by atomic mass is 10.2. The van der Waals surface area contributed by atoms with Crippen LogP contribution in [0.2, 0.25) is 0 Å². The molecule has 0 radical (unpaired) electrons. The lowest BCUT2D eigenvalue weighted by Crippen LogP contribution is -2.42. The van der Waals surface area contributed by atoms with Gasteiger partial charge in [-0.1, -0.05) is 18.2 Å². The van der Waals surface area contributed by atoms with E-state index in [1.165, 1.54) is 13.3 Å². The van der Waals surface area contributed by atoms with E-state index in [1.807, 2.05) is 0 Å². The van der Waals surface area contributed by atoms with E-state index in [0.717, 1.165) is 0 Å². The number of hydrogen-bond acceptors (Lipinski definition) is 6. The molecule has 1 fully saturated rings. The molecule has 0 bridgehead atoms. The highest BCUT2D eigenvalue weighted by atomic mass is 32.2. The van der Waals surface area contributed by atoms with Gasteiger partial charge in [-0.2, -0.15) is 0 Å². The second-order valence-corrected chi connectivity index (χ2v) is 8.69. The maximum Gasteiger partial charge on any atom is 0.242 e. The number of nitrogens with one attached hydrogen (secondary N) is 1. The predicted molar refractivity (Wildman–Crippen MR) is 106 cm³/mol. The molecule has 1 aromatic carbocycles. The molecule has 1 saturated heterocycles. The summed E-state index contributed by atoms with van der Waals surface area (Å²) in [6.07, 6.45) is 1.45. The van der Waals surface area contributed by atoms with Gasteiger partial charge in [-0.3, -0.25) is 9.59 Å². The molecule has 10 heteroatoms. The number of fused-ring (bicyclic) bond motifs is 1. The molecule has 1 N–H and O–H groups in total. The molecule has 0 spiro atoms. The summed E-state index contributed by atoms with van der Waals surface area (Å²) in [5.41, 5.74) is 0.632. The lowest BCUT2D eigenvalue weighted by Gasteiger charge is -2.27. The summed E-state index contributed by atoms with van der Waals surface area (Å²) in [4.78, 5) is 26.4. The summed E-state index contributed by atoms with van der Waals surface area (Å²) < 4.78 is 37.5. The normalized spacial score (nSPS) is 14.9. The van der Waals surface area contributed by atoms with E-state index < -0.39 is 21.5 Å². The zero-order valence-electron chi connectivity index (χ0n) is 16.3. The Bertz CT molecular complexity index is 979. The second-order valence-electron chi connectivity index (χ2n) is 6.73. The first-order valence-electron chi connectivity index (χ1n) is 9.34. The number of sulfone groups is 1. The van der Waals surface area contributed by atoms with E-state index in [4.69, 9.17) is 9.47 Å². The number of para-hydroxylation sites is 1. The Kier molecular flexibility index (Phi) is 6.88. The average molecular weight is 423 g/mol. The van der Waals surface area contributed by atoms with Crippen LogP contribution in [0, 0.1) is 0 Å². The molecule has 9 nitrogen and oxygen atoms in total. The number of carbonyl (C=O) groups is 2. The SMILES string of the molecule is COCCNC(=O)CS(=O)(=O)c1cn(CC(=O)N2CCOCC2)c2ccccc12. The van der Waals surface area contributed by atoms with Crippen LogP contribution in [-0.4, -0.2) is 82.0 Å². The van der Waals surface area contributed by atoms with Crippen LogP contribution in [0.5, 0.6) is 0 Å². The summed E-state index contributed by atoms with van der Waals surface area (Å²) in [5, 5.41) is 3.01. The van der Waals surface area contributed by atoms with Gasteiger partial charge in [0.25, 0.3) is 0 Å². The molecule has 2 amide bonds. The smallest absolute Gasteiger partial charge is 0.242 e. The number of amides is 2. The summed E-state index contributed by atoms with van der Waals surface area (Å²) in [6.45, 7) is 2.59. The van der Waals surface area contributed by atoms with Gasteiger partial charge < -0.3 is 24.3 Å². The number of morpholine rings is 1. The monoisotopic (exact) mass is 423 g/mol. The molecule has 0 unspecified atom stereocenters. The molecule has 158 valence electrons. The highest BCUT2D eigenvalue weighted by molar-refractivity contribution is 7.92. The third kappa shape index (κ3) is 5.14. The maximum atomic E-state index is 12.9. The van der Waals surface area contributed by atoms with Crippen LogP contribution >= 0.6 is 0 Å². The maximum absolute atomic E-state index is 12.9. The molecule has 0 atom stereocenters. The van der Waals surface area contributed by atoms with Crippen LogP contribution in [-0.2, 0) is 35.4 Å². The highest BCUT2D eigenvalue weighted by Crippen LogP contribution is 2.26. The average Bonchev–Trinajstić information content (AvgIpc) is 3.08. The fourth-order valence-corrected chi connectivity index (χ4v) is 4.64. The van der Waals surface area contributed by atoms with Crippen molar-refractivity contribution in [3.8, 4) is 0 Å². The highest BCUT2D eigenvalue weighted by Gasteiger charge is 2.25. The number of hydrogen-bond donors (Lipinski definition) is 1. The van der Waals surface area contributed by atoms with Crippen LogP contribution in [0.3, 0.4) is 0 Å². The quantitative estimate of drug-likeness (QED) is 0.601. The molecule has 29 heavy (non-hydrogen) atoms. The summed E-state index contributed by atoms with van der Waals surface area (Å²) in [5.74, 6) is -1.36. The van der Waals surface area contributed by atoms with E-state index in [9.17, 15) is 18.0 Å². The van der Waals surface area contributed by atoms with Gasteiger partial charge in [0, 0.05) is 43.8 Å². The van der Waals surface area contributed by atoms with Crippen molar-refractivity contribution in [3.63, 3.8) is 0 Å². The number of ether oxygens (including phenoxy) is 2. The fraction of sp³-hybridized carbons (Fsp3) is 0.474. The van der Waals surface area contributed by atoms with Crippen LogP contribution < -0.4 is 5.32 Å². The van der Waals surface area contributed by atoms with Gasteiger partial charge in [0.2, 0.25) is 11.8 Å². The van der Waals surface area contributed by atoms with Crippen LogP contribution in [0.4, 0.5) is 0 Å². The van der Waals surface area contributed by atoms with E-state index in [2.05, 4.69) is 5.32 Å². The van der Waals surface area contributed by atoms with Crippen molar-refractivity contribution >= 4 is 32.6 Å². The lowest BCUT2D eigenvalue weighted by molar-refractivity contribution is -0.135. The van der Waals surface area contributed by atoms with Gasteiger partial charge in [0.1, 0.15) is 12.3 Å². The molecule has 2 aromatic rings. The molecule has 1 aliphatic heterocycles. The minimum atomic E-state index is -3.88. The molecule has 0 saturated carbocycles. The number of aromatic nitrogens is 1. The fourth-order valence-electron chi connectivity index (χ4n) is 3.24. The Labute approximate surface area is 169 Å². The van der Waals surface area contributed by atoms with Crippen molar-refractivity contribution in [2.45, 2.75) is 11.4 Å². The summed E-state index contributed by atoms with van der Waals surface area (Å²) >= 11 is 0. The number of methoxy groups -OCH3 is 1. The van der Waals surface area contributed by atoms with Crippen molar-refractivity contribution in [2.75, 3.05) is 52.3 Å². The zero-order chi connectivity index (χ0) is 20.9. The van der Waals surface area contributed by atoms with E-state index >= 15 is 0 Å². The third-order valence-electron chi connectivity index (χ3n) is 4.71. The van der Waals surface area contributed by atoms with Crippen molar-refractivity contribution < 1.29 is 27.5 Å². The topological polar surface area (TPSA) is 107 Å². The van der Waals surface area contributed by atoms with Crippen molar-refractivity contribution in [1.29, 1.82) is 0 Å². The Hall–Kier alpha value is -2.43. The molecule has 1 aromatic heterocycles. The van der Waals surface area contributed by atoms with Crippen LogP contribution in [0.15, 0.2) is 35.4 Å². The molecular weight excluding hydrogens is 398 g/mol. The number of benzene rings is 1. The van der Waals surface area contributed by atoms with Gasteiger partial charge in [-0.15, -0.1) is 0 Å². The van der Waals surface area contributed by atoms with Crippen molar-refractivity contribution in [2.24, 2.45) is 0 Å². The first kappa shape index (κ1) is 21.3. The molecule has 2 heterocycles. The second kappa shape index (κ2) is 9.38. The van der Waals surface area contributed by atoms with E-state index in [1.54, 1.807) is 33.7 Å². The Balaban J connectivity index is 1.83. The first-order valence-corrected chi connectivity index (χ1v) is 11.0. The van der Waals surface area contributed by atoms with Gasteiger partial charge in [0.05, 0.1) is 24.7 Å². The first-order chi connectivity index (χ1) is 13.9.